The van der Waals surface area contributed by atoms with Gasteiger partial charge in [-0.05, 0) is 59.2 Å². The molecule has 146 valence electrons. The number of amides is 1. The number of aldehydes is 1. The second kappa shape index (κ2) is 10.8. The summed E-state index contributed by atoms with van der Waals surface area (Å²) in [5.74, 6) is -0.462. The number of piperidine rings is 1. The van der Waals surface area contributed by atoms with Crippen molar-refractivity contribution in [3.8, 4) is 5.75 Å². The van der Waals surface area contributed by atoms with Crippen LogP contribution in [-0.2, 0) is 4.74 Å². The molecule has 0 aromatic heterocycles. The zero-order valence-corrected chi connectivity index (χ0v) is 15.9. The Kier molecular flexibility index (Phi) is 9.05. The van der Waals surface area contributed by atoms with Gasteiger partial charge in [0.25, 0.3) is 0 Å². The predicted octanol–water partition coefficient (Wildman–Crippen LogP) is 3.30. The number of ether oxygens (including phenoxy) is 2. The van der Waals surface area contributed by atoms with Crippen LogP contribution in [0.2, 0.25) is 0 Å². The number of carbonyl (C=O) groups excluding carboxylic acids is 2. The van der Waals surface area contributed by atoms with Crippen molar-refractivity contribution in [1.29, 1.82) is 0 Å². The van der Waals surface area contributed by atoms with E-state index in [1.807, 2.05) is 20.8 Å². The summed E-state index contributed by atoms with van der Waals surface area (Å²) in [5.41, 5.74) is -0.382. The lowest BCUT2D eigenvalue weighted by molar-refractivity contribution is 0.0497. The van der Waals surface area contributed by atoms with E-state index in [1.54, 1.807) is 13.0 Å². The SMILES string of the molecule is CC(C)(C)OC(=O)N[C@@H]1CCCNC1.CCOc1cccc(C=O)c1F. The molecule has 1 aromatic rings. The highest BCUT2D eigenvalue weighted by Crippen LogP contribution is 2.18. The standard InChI is InChI=1S/C10H20N2O2.C9H9FO2/c1-10(2,3)14-9(13)12-8-5-4-6-11-7-8;1-2-12-8-5-3-4-7(6-11)9(8)10/h8,11H,4-7H2,1-3H3,(H,12,13);3-6H,2H2,1H3/t8-;/m1./s1. The van der Waals surface area contributed by atoms with Crippen LogP contribution in [0.15, 0.2) is 18.2 Å². The smallest absolute Gasteiger partial charge is 0.407 e. The summed E-state index contributed by atoms with van der Waals surface area (Å²) in [4.78, 5) is 21.7. The zero-order valence-electron chi connectivity index (χ0n) is 15.9. The number of carbonyl (C=O) groups is 2. The van der Waals surface area contributed by atoms with Gasteiger partial charge in [0.15, 0.2) is 17.9 Å². The summed E-state index contributed by atoms with van der Waals surface area (Å²) < 4.78 is 23.2. The highest BCUT2D eigenvalue weighted by atomic mass is 19.1. The molecule has 0 radical (unpaired) electrons. The van der Waals surface area contributed by atoms with E-state index in [4.69, 9.17) is 9.47 Å². The summed E-state index contributed by atoms with van der Waals surface area (Å²) >= 11 is 0. The van der Waals surface area contributed by atoms with Gasteiger partial charge in [0.05, 0.1) is 12.2 Å². The molecule has 1 heterocycles. The minimum absolute atomic E-state index is 0.0287. The summed E-state index contributed by atoms with van der Waals surface area (Å²) in [6.07, 6.45) is 2.30. The average molecular weight is 368 g/mol. The van der Waals surface area contributed by atoms with Gasteiger partial charge in [0.1, 0.15) is 5.60 Å². The van der Waals surface area contributed by atoms with Crippen LogP contribution in [0, 0.1) is 5.82 Å². The molecule has 7 heteroatoms. The molecular formula is C19H29FN2O4. The lowest BCUT2D eigenvalue weighted by atomic mass is 10.1. The average Bonchev–Trinajstić information content (AvgIpc) is 2.57. The number of alkyl carbamates (subject to hydrolysis) is 1. The van der Waals surface area contributed by atoms with Crippen molar-refractivity contribution in [3.63, 3.8) is 0 Å². The summed E-state index contributed by atoms with van der Waals surface area (Å²) in [7, 11) is 0. The maximum absolute atomic E-state index is 13.1. The molecule has 2 N–H and O–H groups in total. The third-order valence-electron chi connectivity index (χ3n) is 3.44. The van der Waals surface area contributed by atoms with Crippen LogP contribution in [0.1, 0.15) is 50.9 Å². The molecule has 1 atom stereocenters. The van der Waals surface area contributed by atoms with Gasteiger partial charge in [-0.15, -0.1) is 0 Å². The van der Waals surface area contributed by atoms with E-state index in [0.29, 0.717) is 12.9 Å². The quantitative estimate of drug-likeness (QED) is 0.798. The maximum Gasteiger partial charge on any atom is 0.407 e. The summed E-state index contributed by atoms with van der Waals surface area (Å²) in [6, 6.07) is 4.70. The molecule has 1 fully saturated rings. The fraction of sp³-hybridized carbons (Fsp3) is 0.579. The van der Waals surface area contributed by atoms with E-state index in [1.165, 1.54) is 12.1 Å². The van der Waals surface area contributed by atoms with Gasteiger partial charge in [0.2, 0.25) is 0 Å². The Morgan fingerprint density at radius 1 is 1.42 bits per heavy atom. The van der Waals surface area contributed by atoms with E-state index in [9.17, 15) is 14.0 Å². The first-order valence-corrected chi connectivity index (χ1v) is 8.83. The van der Waals surface area contributed by atoms with Gasteiger partial charge < -0.3 is 20.1 Å². The second-order valence-electron chi connectivity index (χ2n) is 6.90. The van der Waals surface area contributed by atoms with Gasteiger partial charge in [-0.1, -0.05) is 6.07 Å². The van der Waals surface area contributed by atoms with E-state index >= 15 is 0 Å². The number of hydrogen-bond acceptors (Lipinski definition) is 5. The highest BCUT2D eigenvalue weighted by molar-refractivity contribution is 5.76. The van der Waals surface area contributed by atoms with Crippen LogP contribution in [-0.4, -0.2) is 43.7 Å². The molecule has 1 aromatic carbocycles. The van der Waals surface area contributed by atoms with Gasteiger partial charge in [0, 0.05) is 12.6 Å². The first kappa shape index (κ1) is 21.9. The van der Waals surface area contributed by atoms with Crippen molar-refractivity contribution < 1.29 is 23.5 Å². The molecule has 0 bridgehead atoms. The van der Waals surface area contributed by atoms with Crippen LogP contribution < -0.4 is 15.4 Å². The molecule has 1 saturated heterocycles. The number of nitrogens with one attached hydrogen (secondary N) is 2. The molecule has 1 amide bonds. The minimum atomic E-state index is -0.589. The topological polar surface area (TPSA) is 76.7 Å². The zero-order chi connectivity index (χ0) is 19.6. The third kappa shape index (κ3) is 8.29. The van der Waals surface area contributed by atoms with Crippen molar-refractivity contribution in [3.05, 3.63) is 29.6 Å². The normalized spacial score (nSPS) is 16.7. The van der Waals surface area contributed by atoms with Crippen LogP contribution in [0.5, 0.6) is 5.75 Å². The van der Waals surface area contributed by atoms with Crippen LogP contribution in [0.4, 0.5) is 9.18 Å². The Morgan fingerprint density at radius 3 is 2.69 bits per heavy atom. The molecule has 0 aliphatic carbocycles. The molecular weight excluding hydrogens is 339 g/mol. The molecule has 2 rings (SSSR count). The molecule has 1 aliphatic heterocycles. The predicted molar refractivity (Wildman–Crippen MR) is 98.2 cm³/mol. The van der Waals surface area contributed by atoms with Crippen LogP contribution in [0.3, 0.4) is 0 Å². The fourth-order valence-electron chi connectivity index (χ4n) is 2.33. The Labute approximate surface area is 154 Å². The van der Waals surface area contributed by atoms with Crippen molar-refractivity contribution >= 4 is 12.4 Å². The first-order chi connectivity index (χ1) is 12.3. The van der Waals surface area contributed by atoms with Gasteiger partial charge in [-0.25, -0.2) is 9.18 Å². The lowest BCUT2D eigenvalue weighted by Gasteiger charge is -2.26. The maximum atomic E-state index is 13.1. The molecule has 26 heavy (non-hydrogen) atoms. The van der Waals surface area contributed by atoms with Gasteiger partial charge >= 0.3 is 6.09 Å². The monoisotopic (exact) mass is 368 g/mol. The number of rotatable bonds is 4. The number of halogens is 1. The van der Waals surface area contributed by atoms with E-state index in [0.717, 1.165) is 25.9 Å². The number of hydrogen-bond donors (Lipinski definition) is 2. The number of benzene rings is 1. The largest absolute Gasteiger partial charge is 0.491 e. The Balaban J connectivity index is 0.000000263. The molecule has 0 saturated carbocycles. The minimum Gasteiger partial charge on any atom is -0.491 e. The van der Waals surface area contributed by atoms with E-state index in [2.05, 4.69) is 10.6 Å². The molecule has 1 aliphatic rings. The van der Waals surface area contributed by atoms with Crippen molar-refractivity contribution in [2.75, 3.05) is 19.7 Å². The Morgan fingerprint density at radius 2 is 2.15 bits per heavy atom. The fourth-order valence-corrected chi connectivity index (χ4v) is 2.33. The van der Waals surface area contributed by atoms with Crippen molar-refractivity contribution in [1.82, 2.24) is 10.6 Å². The highest BCUT2D eigenvalue weighted by Gasteiger charge is 2.20. The molecule has 0 spiro atoms. The van der Waals surface area contributed by atoms with Gasteiger partial charge in [-0.2, -0.15) is 0 Å². The summed E-state index contributed by atoms with van der Waals surface area (Å²) in [6.45, 7) is 9.64. The van der Waals surface area contributed by atoms with Gasteiger partial charge in [-0.3, -0.25) is 4.79 Å². The van der Waals surface area contributed by atoms with E-state index in [-0.39, 0.29) is 23.4 Å². The Bertz CT molecular complexity index is 581. The van der Waals surface area contributed by atoms with Crippen LogP contribution >= 0.6 is 0 Å². The molecule has 6 nitrogen and oxygen atoms in total. The lowest BCUT2D eigenvalue weighted by Crippen LogP contribution is -2.47. The first-order valence-electron chi connectivity index (χ1n) is 8.83. The second-order valence-corrected chi connectivity index (χ2v) is 6.90. The van der Waals surface area contributed by atoms with Crippen molar-refractivity contribution in [2.24, 2.45) is 0 Å². The summed E-state index contributed by atoms with van der Waals surface area (Å²) in [5, 5.41) is 6.08. The molecule has 0 unspecified atom stereocenters. The van der Waals surface area contributed by atoms with Crippen molar-refractivity contribution in [2.45, 2.75) is 52.2 Å². The Hall–Kier alpha value is -2.15. The van der Waals surface area contributed by atoms with Crippen LogP contribution in [0.25, 0.3) is 0 Å². The third-order valence-corrected chi connectivity index (χ3v) is 3.44. The van der Waals surface area contributed by atoms with E-state index < -0.39 is 11.4 Å².